The number of pyridine rings is 2. The lowest BCUT2D eigenvalue weighted by Gasteiger charge is -2.09. The Labute approximate surface area is 167 Å². The fourth-order valence-electron chi connectivity index (χ4n) is 3.10. The number of nitrogens with zero attached hydrogens (tertiary/aromatic N) is 3. The lowest BCUT2D eigenvalue weighted by atomic mass is 10.1. The van der Waals surface area contributed by atoms with Crippen LogP contribution in [-0.2, 0) is 9.47 Å². The number of rotatable bonds is 10. The highest BCUT2D eigenvalue weighted by molar-refractivity contribution is 5.86. The Morgan fingerprint density at radius 2 is 1.69 bits per heavy atom. The van der Waals surface area contributed by atoms with Gasteiger partial charge in [0.2, 0.25) is 0 Å². The van der Waals surface area contributed by atoms with E-state index in [0.717, 1.165) is 33.2 Å². The summed E-state index contributed by atoms with van der Waals surface area (Å²) in [6, 6.07) is 12.0. The van der Waals surface area contributed by atoms with Gasteiger partial charge in [-0.2, -0.15) is 0 Å². The Hall–Kier alpha value is -3.03. The van der Waals surface area contributed by atoms with Crippen molar-refractivity contribution in [1.29, 1.82) is 0 Å². The van der Waals surface area contributed by atoms with E-state index in [2.05, 4.69) is 9.97 Å². The summed E-state index contributed by atoms with van der Waals surface area (Å²) in [5.74, 6) is 1.60. The van der Waals surface area contributed by atoms with Crippen LogP contribution in [0.2, 0.25) is 0 Å². The molecule has 0 aliphatic rings. The van der Waals surface area contributed by atoms with Gasteiger partial charge < -0.3 is 14.2 Å². The van der Waals surface area contributed by atoms with Crippen LogP contribution in [0, 0.1) is 0 Å². The average Bonchev–Trinajstić information content (AvgIpc) is 3.19. The van der Waals surface area contributed by atoms with Gasteiger partial charge in [-0.05, 0) is 41.8 Å². The topological polar surface area (TPSA) is 58.4 Å². The van der Waals surface area contributed by atoms with Crippen molar-refractivity contribution in [3.05, 3.63) is 61.2 Å². The highest BCUT2D eigenvalue weighted by Crippen LogP contribution is 2.24. The molecular formula is C22H22FN3O3. The van der Waals surface area contributed by atoms with Crippen molar-refractivity contribution in [2.24, 2.45) is 0 Å². The van der Waals surface area contributed by atoms with E-state index in [9.17, 15) is 4.39 Å². The van der Waals surface area contributed by atoms with Crippen molar-refractivity contribution in [2.45, 2.75) is 0 Å². The molecule has 0 aliphatic carbocycles. The summed E-state index contributed by atoms with van der Waals surface area (Å²) < 4.78 is 30.1. The molecule has 0 unspecified atom stereocenters. The highest BCUT2D eigenvalue weighted by Gasteiger charge is 2.06. The molecule has 6 nitrogen and oxygen atoms in total. The number of ether oxygens (including phenoxy) is 3. The van der Waals surface area contributed by atoms with E-state index in [1.165, 1.54) is 0 Å². The normalized spacial score (nSPS) is 11.3. The molecule has 0 saturated carbocycles. The number of hydrogen-bond donors (Lipinski definition) is 0. The fraction of sp³-hybridized carbons (Fsp3) is 0.273. The molecule has 150 valence electrons. The van der Waals surface area contributed by atoms with Gasteiger partial charge in [-0.15, -0.1) is 0 Å². The molecule has 0 saturated heterocycles. The average molecular weight is 395 g/mol. The first-order valence-electron chi connectivity index (χ1n) is 9.51. The minimum atomic E-state index is -0.472. The zero-order valence-electron chi connectivity index (χ0n) is 16.0. The summed E-state index contributed by atoms with van der Waals surface area (Å²) in [5.41, 5.74) is 1.01. The van der Waals surface area contributed by atoms with Crippen LogP contribution in [0.3, 0.4) is 0 Å². The predicted octanol–water partition coefficient (Wildman–Crippen LogP) is 3.96. The summed E-state index contributed by atoms with van der Waals surface area (Å²) in [7, 11) is 0. The number of hydrogen-bond acceptors (Lipinski definition) is 5. The molecule has 0 bridgehead atoms. The molecule has 0 spiro atoms. The Morgan fingerprint density at radius 1 is 0.828 bits per heavy atom. The number of alkyl halides is 1. The Kier molecular flexibility index (Phi) is 6.29. The van der Waals surface area contributed by atoms with Crippen LogP contribution in [0.1, 0.15) is 0 Å². The quantitative estimate of drug-likeness (QED) is 0.381. The van der Waals surface area contributed by atoms with Gasteiger partial charge in [0.1, 0.15) is 24.8 Å². The SMILES string of the molecule is FCCOCCOCCOc1ccc2cnc(-n3ccc4ccncc43)cc2c1. The van der Waals surface area contributed by atoms with Gasteiger partial charge in [0.15, 0.2) is 0 Å². The second kappa shape index (κ2) is 9.45. The Morgan fingerprint density at radius 3 is 2.59 bits per heavy atom. The van der Waals surface area contributed by atoms with Crippen LogP contribution in [-0.4, -0.2) is 54.2 Å². The molecule has 0 radical (unpaired) electrons. The third kappa shape index (κ3) is 4.70. The Bertz CT molecular complexity index is 1080. The van der Waals surface area contributed by atoms with E-state index in [-0.39, 0.29) is 6.61 Å². The summed E-state index contributed by atoms with van der Waals surface area (Å²) in [6.45, 7) is 1.33. The molecule has 0 atom stereocenters. The maximum Gasteiger partial charge on any atom is 0.137 e. The van der Waals surface area contributed by atoms with Gasteiger partial charge in [0, 0.05) is 29.4 Å². The number of halogens is 1. The molecule has 0 aliphatic heterocycles. The molecule has 3 heterocycles. The van der Waals surface area contributed by atoms with Crippen molar-refractivity contribution >= 4 is 21.7 Å². The Balaban J connectivity index is 1.41. The predicted molar refractivity (Wildman–Crippen MR) is 109 cm³/mol. The van der Waals surface area contributed by atoms with E-state index < -0.39 is 6.67 Å². The first kappa shape index (κ1) is 19.3. The second-order valence-corrected chi connectivity index (χ2v) is 6.43. The maximum atomic E-state index is 11.9. The van der Waals surface area contributed by atoms with Crippen molar-refractivity contribution in [3.8, 4) is 11.6 Å². The molecule has 3 aromatic heterocycles. The smallest absolute Gasteiger partial charge is 0.137 e. The number of aromatic nitrogens is 3. The van der Waals surface area contributed by atoms with E-state index in [0.29, 0.717) is 26.4 Å². The molecule has 4 rings (SSSR count). The summed E-state index contributed by atoms with van der Waals surface area (Å²) in [5, 5.41) is 3.20. The second-order valence-electron chi connectivity index (χ2n) is 6.43. The van der Waals surface area contributed by atoms with Crippen molar-refractivity contribution < 1.29 is 18.6 Å². The molecule has 0 N–H and O–H groups in total. The molecule has 4 aromatic rings. The van der Waals surface area contributed by atoms with Crippen LogP contribution in [0.15, 0.2) is 61.2 Å². The van der Waals surface area contributed by atoms with Gasteiger partial charge in [0.25, 0.3) is 0 Å². The zero-order valence-corrected chi connectivity index (χ0v) is 16.0. The molecule has 0 amide bonds. The molecule has 1 aromatic carbocycles. The maximum absolute atomic E-state index is 11.9. The molecule has 29 heavy (non-hydrogen) atoms. The van der Waals surface area contributed by atoms with Crippen molar-refractivity contribution in [2.75, 3.05) is 39.7 Å². The van der Waals surface area contributed by atoms with Gasteiger partial charge in [-0.3, -0.25) is 9.55 Å². The van der Waals surface area contributed by atoms with Crippen LogP contribution in [0.25, 0.3) is 27.5 Å². The van der Waals surface area contributed by atoms with Gasteiger partial charge >= 0.3 is 0 Å². The largest absolute Gasteiger partial charge is 0.491 e. The lowest BCUT2D eigenvalue weighted by molar-refractivity contribution is 0.0325. The van der Waals surface area contributed by atoms with E-state index >= 15 is 0 Å². The number of fused-ring (bicyclic) bond motifs is 2. The van der Waals surface area contributed by atoms with Gasteiger partial charge in [-0.1, -0.05) is 0 Å². The monoisotopic (exact) mass is 395 g/mol. The van der Waals surface area contributed by atoms with Crippen LogP contribution < -0.4 is 4.74 Å². The zero-order chi connectivity index (χ0) is 19.9. The summed E-state index contributed by atoms with van der Waals surface area (Å²) in [6.07, 6.45) is 7.47. The van der Waals surface area contributed by atoms with Gasteiger partial charge in [-0.25, -0.2) is 9.37 Å². The summed E-state index contributed by atoms with van der Waals surface area (Å²) in [4.78, 5) is 8.80. The standard InChI is InChI=1S/C22H22FN3O3/c23-5-8-27-9-10-28-11-12-29-20-2-1-18-15-25-22(14-19(18)13-20)26-7-4-17-3-6-24-16-21(17)26/h1-4,6-7,13-16H,5,8-12H2. The van der Waals surface area contributed by atoms with Crippen LogP contribution in [0.5, 0.6) is 5.75 Å². The van der Waals surface area contributed by atoms with Crippen LogP contribution >= 0.6 is 0 Å². The minimum absolute atomic E-state index is 0.114. The summed E-state index contributed by atoms with van der Waals surface area (Å²) >= 11 is 0. The van der Waals surface area contributed by atoms with E-state index in [4.69, 9.17) is 14.2 Å². The lowest BCUT2D eigenvalue weighted by Crippen LogP contribution is -2.11. The first-order valence-corrected chi connectivity index (χ1v) is 9.51. The van der Waals surface area contributed by atoms with Crippen molar-refractivity contribution in [3.63, 3.8) is 0 Å². The van der Waals surface area contributed by atoms with Crippen molar-refractivity contribution in [1.82, 2.24) is 14.5 Å². The first-order chi connectivity index (χ1) is 14.3. The minimum Gasteiger partial charge on any atom is -0.491 e. The molecular weight excluding hydrogens is 373 g/mol. The van der Waals surface area contributed by atoms with Gasteiger partial charge in [0.05, 0.1) is 38.1 Å². The third-order valence-corrected chi connectivity index (χ3v) is 4.51. The fourth-order valence-corrected chi connectivity index (χ4v) is 3.10. The van der Waals surface area contributed by atoms with E-state index in [1.54, 1.807) is 6.20 Å². The highest BCUT2D eigenvalue weighted by atomic mass is 19.1. The third-order valence-electron chi connectivity index (χ3n) is 4.51. The van der Waals surface area contributed by atoms with Crippen LogP contribution in [0.4, 0.5) is 4.39 Å². The molecule has 7 heteroatoms. The number of benzene rings is 1. The molecule has 0 fully saturated rings. The van der Waals surface area contributed by atoms with E-state index in [1.807, 2.05) is 59.6 Å².